The Kier molecular flexibility index (Phi) is 12.9. The summed E-state index contributed by atoms with van der Waals surface area (Å²) < 4.78 is 10.2. The van der Waals surface area contributed by atoms with Crippen LogP contribution in [0, 0.1) is 0 Å². The van der Waals surface area contributed by atoms with Crippen molar-refractivity contribution in [3.05, 3.63) is 0 Å². The summed E-state index contributed by atoms with van der Waals surface area (Å²) in [5, 5.41) is 2.62. The molecule has 0 bridgehead atoms. The van der Waals surface area contributed by atoms with Crippen molar-refractivity contribution < 1.29 is 19.1 Å². The van der Waals surface area contributed by atoms with Crippen LogP contribution in [0.5, 0.6) is 0 Å². The van der Waals surface area contributed by atoms with Crippen molar-refractivity contribution in [1.29, 1.82) is 0 Å². The minimum atomic E-state index is -0.597. The number of esters is 1. The second-order valence-electron chi connectivity index (χ2n) is 5.20. The van der Waals surface area contributed by atoms with E-state index in [1.165, 1.54) is 0 Å². The number of rotatable bonds is 12. The summed E-state index contributed by atoms with van der Waals surface area (Å²) in [5.74, 6) is -0.355. The highest BCUT2D eigenvalue weighted by atomic mass is 16.6. The molecule has 1 N–H and O–H groups in total. The lowest BCUT2D eigenvalue weighted by Crippen LogP contribution is -2.42. The number of nitrogens with one attached hydrogen (secondary N) is 1. The molecule has 0 saturated heterocycles. The van der Waals surface area contributed by atoms with Gasteiger partial charge in [-0.25, -0.2) is 9.59 Å². The van der Waals surface area contributed by atoms with E-state index in [1.807, 2.05) is 13.8 Å². The number of ether oxygens (including phenoxy) is 2. The lowest BCUT2D eigenvalue weighted by atomic mass is 10.1. The fraction of sp³-hybridized carbons (Fsp3) is 0.875. The van der Waals surface area contributed by atoms with E-state index in [2.05, 4.69) is 12.2 Å². The molecule has 0 aromatic heterocycles. The van der Waals surface area contributed by atoms with Gasteiger partial charge in [0.05, 0.1) is 13.2 Å². The van der Waals surface area contributed by atoms with E-state index in [-0.39, 0.29) is 5.97 Å². The van der Waals surface area contributed by atoms with Gasteiger partial charge in [-0.3, -0.25) is 0 Å². The quantitative estimate of drug-likeness (QED) is 0.440. The molecule has 1 unspecified atom stereocenters. The Hall–Kier alpha value is -1.26. The molecule has 0 heterocycles. The average molecular weight is 301 g/mol. The molecule has 0 aromatic carbocycles. The van der Waals surface area contributed by atoms with Crippen molar-refractivity contribution in [2.75, 3.05) is 13.2 Å². The van der Waals surface area contributed by atoms with Gasteiger partial charge in [0, 0.05) is 0 Å². The standard InChI is InChI=1S/C16H31NO4/c1-4-7-10-13-20-15(18)14(11-8-5-2)17-16(19)21-12-9-6-3/h14H,4-13H2,1-3H3,(H,17,19). The molecule has 21 heavy (non-hydrogen) atoms. The molecular weight excluding hydrogens is 270 g/mol. The van der Waals surface area contributed by atoms with Gasteiger partial charge in [0.2, 0.25) is 0 Å². The molecular formula is C16H31NO4. The lowest BCUT2D eigenvalue weighted by molar-refractivity contribution is -0.146. The molecule has 0 radical (unpaired) electrons. The Balaban J connectivity index is 4.15. The maximum absolute atomic E-state index is 12.0. The molecule has 0 fully saturated rings. The van der Waals surface area contributed by atoms with E-state index in [1.54, 1.807) is 0 Å². The normalized spacial score (nSPS) is 11.8. The zero-order valence-corrected chi connectivity index (χ0v) is 13.8. The zero-order valence-electron chi connectivity index (χ0n) is 13.8. The molecule has 5 nitrogen and oxygen atoms in total. The Morgan fingerprint density at radius 1 is 0.857 bits per heavy atom. The number of amides is 1. The van der Waals surface area contributed by atoms with Crippen molar-refractivity contribution in [1.82, 2.24) is 5.32 Å². The third-order valence-electron chi connectivity index (χ3n) is 3.15. The van der Waals surface area contributed by atoms with E-state index in [9.17, 15) is 9.59 Å². The molecule has 0 spiro atoms. The minimum Gasteiger partial charge on any atom is -0.464 e. The lowest BCUT2D eigenvalue weighted by Gasteiger charge is -2.17. The second-order valence-corrected chi connectivity index (χ2v) is 5.20. The van der Waals surface area contributed by atoms with E-state index >= 15 is 0 Å². The first-order valence-corrected chi connectivity index (χ1v) is 8.25. The summed E-state index contributed by atoms with van der Waals surface area (Å²) >= 11 is 0. The van der Waals surface area contributed by atoms with Gasteiger partial charge in [0.15, 0.2) is 0 Å². The first kappa shape index (κ1) is 19.7. The number of hydrogen-bond acceptors (Lipinski definition) is 4. The van der Waals surface area contributed by atoms with Gasteiger partial charge in [-0.05, 0) is 19.3 Å². The van der Waals surface area contributed by atoms with Gasteiger partial charge in [-0.15, -0.1) is 0 Å². The van der Waals surface area contributed by atoms with E-state index in [0.717, 1.165) is 44.9 Å². The molecule has 0 aromatic rings. The van der Waals surface area contributed by atoms with Crippen LogP contribution in [0.15, 0.2) is 0 Å². The van der Waals surface area contributed by atoms with Gasteiger partial charge >= 0.3 is 12.1 Å². The van der Waals surface area contributed by atoms with E-state index in [0.29, 0.717) is 19.6 Å². The number of carbonyl (C=O) groups is 2. The van der Waals surface area contributed by atoms with Crippen LogP contribution in [0.2, 0.25) is 0 Å². The molecule has 0 aliphatic carbocycles. The Bertz CT molecular complexity index is 281. The predicted octanol–water partition coefficient (Wildman–Crippen LogP) is 3.80. The van der Waals surface area contributed by atoms with Crippen LogP contribution in [0.1, 0.15) is 72.1 Å². The topological polar surface area (TPSA) is 64.6 Å². The zero-order chi connectivity index (χ0) is 15.9. The fourth-order valence-corrected chi connectivity index (χ4v) is 1.78. The van der Waals surface area contributed by atoms with E-state index < -0.39 is 12.1 Å². The van der Waals surface area contributed by atoms with Gasteiger partial charge in [0.25, 0.3) is 0 Å². The number of unbranched alkanes of at least 4 members (excludes halogenated alkanes) is 4. The third kappa shape index (κ3) is 11.1. The smallest absolute Gasteiger partial charge is 0.407 e. The monoisotopic (exact) mass is 301 g/mol. The first-order valence-electron chi connectivity index (χ1n) is 8.25. The van der Waals surface area contributed by atoms with Crippen LogP contribution in [-0.2, 0) is 14.3 Å². The highest BCUT2D eigenvalue weighted by Crippen LogP contribution is 2.05. The summed E-state index contributed by atoms with van der Waals surface area (Å²) in [7, 11) is 0. The molecule has 124 valence electrons. The maximum atomic E-state index is 12.0. The molecule has 1 atom stereocenters. The molecule has 0 aliphatic rings. The number of hydrogen-bond donors (Lipinski definition) is 1. The van der Waals surface area contributed by atoms with Crippen LogP contribution >= 0.6 is 0 Å². The Morgan fingerprint density at radius 2 is 1.48 bits per heavy atom. The van der Waals surface area contributed by atoms with Crippen molar-refractivity contribution in [3.63, 3.8) is 0 Å². The van der Waals surface area contributed by atoms with Gasteiger partial charge < -0.3 is 14.8 Å². The SMILES string of the molecule is CCCCCOC(=O)C(CCCC)NC(=O)OCCCC. The summed E-state index contributed by atoms with van der Waals surface area (Å²) in [4.78, 5) is 23.6. The van der Waals surface area contributed by atoms with Crippen molar-refractivity contribution in [2.24, 2.45) is 0 Å². The molecule has 0 rings (SSSR count). The van der Waals surface area contributed by atoms with Crippen molar-refractivity contribution in [2.45, 2.75) is 78.2 Å². The molecule has 0 aliphatic heterocycles. The second kappa shape index (κ2) is 13.7. The van der Waals surface area contributed by atoms with Crippen LogP contribution < -0.4 is 5.32 Å². The Labute approximate surface area is 128 Å². The van der Waals surface area contributed by atoms with Crippen LogP contribution in [-0.4, -0.2) is 31.3 Å². The Morgan fingerprint density at radius 3 is 2.10 bits per heavy atom. The number of carbonyl (C=O) groups excluding carboxylic acids is 2. The third-order valence-corrected chi connectivity index (χ3v) is 3.15. The minimum absolute atomic E-state index is 0.355. The van der Waals surface area contributed by atoms with Crippen LogP contribution in [0.3, 0.4) is 0 Å². The first-order chi connectivity index (χ1) is 10.2. The summed E-state index contributed by atoms with van der Waals surface area (Å²) in [6, 6.07) is -0.597. The molecule has 1 amide bonds. The van der Waals surface area contributed by atoms with Gasteiger partial charge in [0.1, 0.15) is 6.04 Å². The predicted molar refractivity (Wildman–Crippen MR) is 83.2 cm³/mol. The molecule has 0 saturated carbocycles. The average Bonchev–Trinajstić information content (AvgIpc) is 2.48. The molecule has 5 heteroatoms. The van der Waals surface area contributed by atoms with Crippen molar-refractivity contribution in [3.8, 4) is 0 Å². The summed E-state index contributed by atoms with van der Waals surface area (Å²) in [6.07, 6.45) is 6.67. The summed E-state index contributed by atoms with van der Waals surface area (Å²) in [5.41, 5.74) is 0. The van der Waals surface area contributed by atoms with E-state index in [4.69, 9.17) is 9.47 Å². The highest BCUT2D eigenvalue weighted by Gasteiger charge is 2.22. The van der Waals surface area contributed by atoms with Gasteiger partial charge in [-0.2, -0.15) is 0 Å². The fourth-order valence-electron chi connectivity index (χ4n) is 1.78. The highest BCUT2D eigenvalue weighted by molar-refractivity contribution is 5.81. The van der Waals surface area contributed by atoms with Gasteiger partial charge in [-0.1, -0.05) is 52.9 Å². The largest absolute Gasteiger partial charge is 0.464 e. The van der Waals surface area contributed by atoms with Crippen molar-refractivity contribution >= 4 is 12.1 Å². The van der Waals surface area contributed by atoms with Crippen LogP contribution in [0.4, 0.5) is 4.79 Å². The maximum Gasteiger partial charge on any atom is 0.407 e. The number of alkyl carbamates (subject to hydrolysis) is 1. The summed E-state index contributed by atoms with van der Waals surface area (Å²) in [6.45, 7) is 6.97. The van der Waals surface area contributed by atoms with Crippen LogP contribution in [0.25, 0.3) is 0 Å².